The van der Waals surface area contributed by atoms with Crippen molar-refractivity contribution in [2.24, 2.45) is 0 Å². The Bertz CT molecular complexity index is 1100. The molecule has 2 aromatic carbocycles. The molecule has 0 saturated heterocycles. The molecule has 0 saturated carbocycles. The number of aromatic nitrogens is 1. The van der Waals surface area contributed by atoms with Crippen molar-refractivity contribution in [3.63, 3.8) is 0 Å². The van der Waals surface area contributed by atoms with E-state index in [4.69, 9.17) is 0 Å². The minimum Gasteiger partial charge on any atom is -0.322 e. The Morgan fingerprint density at radius 1 is 1.00 bits per heavy atom. The molecule has 3 aromatic rings. The molecule has 6 heteroatoms. The van der Waals surface area contributed by atoms with E-state index < -0.39 is 10.0 Å². The molecule has 2 N–H and O–H groups in total. The monoisotopic (exact) mass is 370 g/mol. The van der Waals surface area contributed by atoms with Crippen molar-refractivity contribution in [3.8, 4) is 0 Å². The topological polar surface area (TPSA) is 79.0 Å². The van der Waals surface area contributed by atoms with Crippen molar-refractivity contribution in [2.45, 2.75) is 26.0 Å². The lowest BCUT2D eigenvalue weighted by Crippen LogP contribution is -2.28. The molecule has 0 unspecified atom stereocenters. The normalized spacial score (nSPS) is 11.8. The van der Waals surface area contributed by atoms with Crippen LogP contribution in [0.2, 0.25) is 0 Å². The van der Waals surface area contributed by atoms with E-state index in [-0.39, 0.29) is 17.9 Å². The standard InChI is InChI=1S/C20H22N2O3S/c1-14-4-3-5-16(10-14)13-26(24,25)21-9-8-17-12-18-11-15(2)6-7-19(18)22-20(17)23/h3-7,10-12,21H,8-9,13H2,1-2H3,(H,22,23). The van der Waals surface area contributed by atoms with Crippen molar-refractivity contribution in [1.82, 2.24) is 9.71 Å². The smallest absolute Gasteiger partial charge is 0.251 e. The van der Waals surface area contributed by atoms with Crippen molar-refractivity contribution in [3.05, 3.63) is 81.1 Å². The SMILES string of the molecule is Cc1cccc(CS(=O)(=O)NCCc2cc3cc(C)ccc3[nH]c2=O)c1. The molecule has 0 aliphatic rings. The fourth-order valence-electron chi connectivity index (χ4n) is 2.97. The number of H-pyrrole nitrogens is 1. The molecule has 0 radical (unpaired) electrons. The summed E-state index contributed by atoms with van der Waals surface area (Å²) in [5.41, 5.74) is 4.05. The Labute approximate surface area is 153 Å². The Kier molecular flexibility index (Phi) is 5.25. The Balaban J connectivity index is 1.68. The van der Waals surface area contributed by atoms with Crippen molar-refractivity contribution >= 4 is 20.9 Å². The van der Waals surface area contributed by atoms with Crippen molar-refractivity contribution in [2.75, 3.05) is 6.54 Å². The lowest BCUT2D eigenvalue weighted by Gasteiger charge is -2.08. The minimum atomic E-state index is -3.45. The van der Waals surface area contributed by atoms with Gasteiger partial charge in [-0.2, -0.15) is 0 Å². The molecule has 0 aliphatic heterocycles. The molecule has 26 heavy (non-hydrogen) atoms. The first-order valence-electron chi connectivity index (χ1n) is 8.48. The number of rotatable bonds is 6. The fourth-order valence-corrected chi connectivity index (χ4v) is 4.10. The van der Waals surface area contributed by atoms with Gasteiger partial charge in [-0.25, -0.2) is 13.1 Å². The van der Waals surface area contributed by atoms with Crippen LogP contribution in [0.1, 0.15) is 22.3 Å². The summed E-state index contributed by atoms with van der Waals surface area (Å²) < 4.78 is 27.1. The lowest BCUT2D eigenvalue weighted by atomic mass is 10.1. The number of aryl methyl sites for hydroxylation is 2. The summed E-state index contributed by atoms with van der Waals surface area (Å²) in [4.78, 5) is 15.0. The number of hydrogen-bond acceptors (Lipinski definition) is 3. The van der Waals surface area contributed by atoms with Crippen LogP contribution in [-0.2, 0) is 22.2 Å². The predicted molar refractivity (Wildman–Crippen MR) is 105 cm³/mol. The average molecular weight is 370 g/mol. The predicted octanol–water partition coefficient (Wildman–Crippen LogP) is 2.81. The van der Waals surface area contributed by atoms with Crippen LogP contribution in [0.15, 0.2) is 53.3 Å². The van der Waals surface area contributed by atoms with E-state index in [0.29, 0.717) is 12.0 Å². The van der Waals surface area contributed by atoms with Gasteiger partial charge in [0.25, 0.3) is 5.56 Å². The maximum Gasteiger partial charge on any atom is 0.251 e. The summed E-state index contributed by atoms with van der Waals surface area (Å²) in [5.74, 6) is -0.0675. The molecule has 136 valence electrons. The van der Waals surface area contributed by atoms with Crippen LogP contribution in [-0.4, -0.2) is 19.9 Å². The fraction of sp³-hybridized carbons (Fsp3) is 0.250. The maximum absolute atomic E-state index is 12.2. The molecular weight excluding hydrogens is 348 g/mol. The van der Waals surface area contributed by atoms with Crippen molar-refractivity contribution in [1.29, 1.82) is 0 Å². The number of sulfonamides is 1. The zero-order chi connectivity index (χ0) is 18.7. The Hall–Kier alpha value is -2.44. The Morgan fingerprint density at radius 2 is 1.77 bits per heavy atom. The third-order valence-corrected chi connectivity index (χ3v) is 5.59. The van der Waals surface area contributed by atoms with Crippen LogP contribution in [0.4, 0.5) is 0 Å². The molecule has 1 heterocycles. The first-order chi connectivity index (χ1) is 12.3. The molecule has 0 bridgehead atoms. The average Bonchev–Trinajstić information content (AvgIpc) is 2.55. The van der Waals surface area contributed by atoms with Crippen LogP contribution >= 0.6 is 0 Å². The summed E-state index contributed by atoms with van der Waals surface area (Å²) in [7, 11) is -3.45. The zero-order valence-corrected chi connectivity index (χ0v) is 15.7. The largest absolute Gasteiger partial charge is 0.322 e. The van der Waals surface area contributed by atoms with E-state index in [9.17, 15) is 13.2 Å². The van der Waals surface area contributed by atoms with E-state index >= 15 is 0 Å². The highest BCUT2D eigenvalue weighted by Gasteiger charge is 2.12. The van der Waals surface area contributed by atoms with E-state index in [0.717, 1.165) is 27.6 Å². The molecule has 5 nitrogen and oxygen atoms in total. The molecule has 3 rings (SSSR count). The molecule has 1 aromatic heterocycles. The number of hydrogen-bond donors (Lipinski definition) is 2. The second-order valence-electron chi connectivity index (χ2n) is 6.61. The third-order valence-electron chi connectivity index (χ3n) is 4.23. The number of benzene rings is 2. The van der Waals surface area contributed by atoms with Crippen LogP contribution in [0.3, 0.4) is 0 Å². The lowest BCUT2D eigenvalue weighted by molar-refractivity contribution is 0.580. The summed E-state index contributed by atoms with van der Waals surface area (Å²) in [6.07, 6.45) is 0.340. The van der Waals surface area contributed by atoms with Gasteiger partial charge in [0, 0.05) is 17.6 Å². The van der Waals surface area contributed by atoms with Gasteiger partial charge in [0.1, 0.15) is 0 Å². The van der Waals surface area contributed by atoms with Gasteiger partial charge in [-0.1, -0.05) is 41.5 Å². The van der Waals surface area contributed by atoms with Gasteiger partial charge in [0.05, 0.1) is 5.75 Å². The van der Waals surface area contributed by atoms with Gasteiger partial charge in [0.2, 0.25) is 10.0 Å². The van der Waals surface area contributed by atoms with Gasteiger partial charge < -0.3 is 4.98 Å². The molecule has 0 spiro atoms. The highest BCUT2D eigenvalue weighted by Crippen LogP contribution is 2.13. The molecule has 0 amide bonds. The Morgan fingerprint density at radius 3 is 2.54 bits per heavy atom. The van der Waals surface area contributed by atoms with Crippen LogP contribution in [0.25, 0.3) is 10.9 Å². The summed E-state index contributed by atoms with van der Waals surface area (Å²) in [6, 6.07) is 15.1. The highest BCUT2D eigenvalue weighted by molar-refractivity contribution is 7.88. The molecule has 0 aliphatic carbocycles. The third kappa shape index (κ3) is 4.59. The van der Waals surface area contributed by atoms with E-state index in [1.165, 1.54) is 0 Å². The van der Waals surface area contributed by atoms with Gasteiger partial charge in [-0.3, -0.25) is 4.79 Å². The van der Waals surface area contributed by atoms with Crippen LogP contribution < -0.4 is 10.3 Å². The quantitative estimate of drug-likeness (QED) is 0.700. The zero-order valence-electron chi connectivity index (χ0n) is 14.9. The van der Waals surface area contributed by atoms with Crippen molar-refractivity contribution < 1.29 is 8.42 Å². The summed E-state index contributed by atoms with van der Waals surface area (Å²) in [5, 5.41) is 0.946. The van der Waals surface area contributed by atoms with Gasteiger partial charge >= 0.3 is 0 Å². The number of fused-ring (bicyclic) bond motifs is 1. The molecular formula is C20H22N2O3S. The van der Waals surface area contributed by atoms with Gasteiger partial charge in [-0.15, -0.1) is 0 Å². The number of nitrogens with one attached hydrogen (secondary N) is 2. The van der Waals surface area contributed by atoms with Crippen LogP contribution in [0.5, 0.6) is 0 Å². The van der Waals surface area contributed by atoms with E-state index in [2.05, 4.69) is 9.71 Å². The molecule has 0 fully saturated rings. The van der Waals surface area contributed by atoms with E-state index in [1.54, 1.807) is 6.07 Å². The van der Waals surface area contributed by atoms with Gasteiger partial charge in [0.15, 0.2) is 0 Å². The first kappa shape index (κ1) is 18.4. The van der Waals surface area contributed by atoms with E-state index in [1.807, 2.05) is 56.3 Å². The maximum atomic E-state index is 12.2. The summed E-state index contributed by atoms with van der Waals surface area (Å²) >= 11 is 0. The minimum absolute atomic E-state index is 0.0675. The molecule has 0 atom stereocenters. The highest BCUT2D eigenvalue weighted by atomic mass is 32.2. The number of aromatic amines is 1. The van der Waals surface area contributed by atoms with Crippen LogP contribution in [0, 0.1) is 13.8 Å². The number of pyridine rings is 1. The summed E-state index contributed by atoms with van der Waals surface area (Å²) in [6.45, 7) is 4.11. The van der Waals surface area contributed by atoms with Gasteiger partial charge in [-0.05, 0) is 49.4 Å². The second kappa shape index (κ2) is 7.43. The second-order valence-corrected chi connectivity index (χ2v) is 8.41. The first-order valence-corrected chi connectivity index (χ1v) is 10.1.